The van der Waals surface area contributed by atoms with Gasteiger partial charge in [0.1, 0.15) is 0 Å². The van der Waals surface area contributed by atoms with Gasteiger partial charge in [-0.05, 0) is 56.8 Å². The van der Waals surface area contributed by atoms with E-state index in [0.29, 0.717) is 37.3 Å². The van der Waals surface area contributed by atoms with Crippen molar-refractivity contribution >= 4 is 17.5 Å². The Morgan fingerprint density at radius 1 is 1.16 bits per heavy atom. The summed E-state index contributed by atoms with van der Waals surface area (Å²) in [6.07, 6.45) is 6.04. The molecule has 5 nitrogen and oxygen atoms in total. The summed E-state index contributed by atoms with van der Waals surface area (Å²) in [6.45, 7) is 5.82. The van der Waals surface area contributed by atoms with Crippen LogP contribution in [0, 0.1) is 5.41 Å². The van der Waals surface area contributed by atoms with E-state index in [2.05, 4.69) is 5.32 Å². The van der Waals surface area contributed by atoms with Crippen molar-refractivity contribution in [2.75, 3.05) is 25.0 Å². The van der Waals surface area contributed by atoms with Gasteiger partial charge in [-0.2, -0.15) is 0 Å². The van der Waals surface area contributed by atoms with Gasteiger partial charge >= 0.3 is 0 Å². The van der Waals surface area contributed by atoms with Gasteiger partial charge < -0.3 is 16.0 Å². The third-order valence-electron chi connectivity index (χ3n) is 5.33. The van der Waals surface area contributed by atoms with Crippen LogP contribution in [0.15, 0.2) is 24.3 Å². The summed E-state index contributed by atoms with van der Waals surface area (Å²) in [7, 11) is 0. The van der Waals surface area contributed by atoms with E-state index in [9.17, 15) is 9.59 Å². The smallest absolute Gasteiger partial charge is 0.253 e. The monoisotopic (exact) mass is 345 g/mol. The maximum absolute atomic E-state index is 12.5. The second kappa shape index (κ2) is 8.99. The molecule has 2 rings (SSSR count). The summed E-state index contributed by atoms with van der Waals surface area (Å²) >= 11 is 0. The van der Waals surface area contributed by atoms with Crippen molar-refractivity contribution in [1.82, 2.24) is 4.90 Å². The molecule has 0 radical (unpaired) electrons. The molecule has 0 spiro atoms. The van der Waals surface area contributed by atoms with E-state index in [1.54, 1.807) is 17.0 Å². The predicted molar refractivity (Wildman–Crippen MR) is 102 cm³/mol. The molecule has 1 aromatic rings. The Labute approximate surface area is 151 Å². The number of carbonyl (C=O) groups is 2. The summed E-state index contributed by atoms with van der Waals surface area (Å²) in [5.41, 5.74) is 7.20. The predicted octanol–water partition coefficient (Wildman–Crippen LogP) is 3.41. The molecule has 0 saturated heterocycles. The van der Waals surface area contributed by atoms with Crippen LogP contribution in [0.3, 0.4) is 0 Å². The Balaban J connectivity index is 2.03. The van der Waals surface area contributed by atoms with E-state index in [1.165, 1.54) is 6.42 Å². The molecule has 25 heavy (non-hydrogen) atoms. The van der Waals surface area contributed by atoms with Crippen molar-refractivity contribution in [1.29, 1.82) is 0 Å². The lowest BCUT2D eigenvalue weighted by atomic mass is 9.71. The third kappa shape index (κ3) is 5.05. The van der Waals surface area contributed by atoms with Crippen LogP contribution in [0.4, 0.5) is 5.69 Å². The second-order valence-corrected chi connectivity index (χ2v) is 7.05. The number of nitrogens with zero attached hydrogens (tertiary/aromatic N) is 1. The molecular formula is C20H31N3O2. The molecule has 1 aliphatic carbocycles. The third-order valence-corrected chi connectivity index (χ3v) is 5.33. The largest absolute Gasteiger partial charge is 0.339 e. The normalized spacial score (nSPS) is 16.3. The fourth-order valence-corrected chi connectivity index (χ4v) is 3.72. The fraction of sp³-hybridized carbons (Fsp3) is 0.600. The van der Waals surface area contributed by atoms with Crippen LogP contribution in [0.1, 0.15) is 62.7 Å². The van der Waals surface area contributed by atoms with Gasteiger partial charge in [0.25, 0.3) is 5.91 Å². The lowest BCUT2D eigenvalue weighted by Crippen LogP contribution is -2.36. The van der Waals surface area contributed by atoms with Gasteiger partial charge in [-0.3, -0.25) is 9.59 Å². The summed E-state index contributed by atoms with van der Waals surface area (Å²) in [5.74, 6) is -0.0217. The maximum atomic E-state index is 12.5. The molecule has 2 amide bonds. The van der Waals surface area contributed by atoms with Gasteiger partial charge in [0.05, 0.1) is 0 Å². The molecule has 0 atom stereocenters. The minimum atomic E-state index is -0.0585. The van der Waals surface area contributed by atoms with Gasteiger partial charge in [0.15, 0.2) is 0 Å². The van der Waals surface area contributed by atoms with Crippen LogP contribution in [-0.4, -0.2) is 36.3 Å². The second-order valence-electron chi connectivity index (χ2n) is 7.05. The highest BCUT2D eigenvalue weighted by molar-refractivity contribution is 5.97. The highest BCUT2D eigenvalue weighted by atomic mass is 16.2. The molecule has 138 valence electrons. The average molecular weight is 345 g/mol. The van der Waals surface area contributed by atoms with Crippen LogP contribution in [-0.2, 0) is 4.79 Å². The minimum absolute atomic E-state index is 0.00759. The highest BCUT2D eigenvalue weighted by Gasteiger charge is 2.33. The molecule has 5 heteroatoms. The number of nitrogens with one attached hydrogen (secondary N) is 1. The Morgan fingerprint density at radius 3 is 2.44 bits per heavy atom. The topological polar surface area (TPSA) is 75.4 Å². The number of rotatable bonds is 7. The number of anilines is 1. The van der Waals surface area contributed by atoms with Gasteiger partial charge in [0, 0.05) is 30.8 Å². The van der Waals surface area contributed by atoms with Crippen LogP contribution in [0.25, 0.3) is 0 Å². The SMILES string of the molecule is CCN(CC)C(=O)c1cccc(NC(=O)CC2(CN)CCCCC2)c1. The number of amides is 2. The molecule has 0 unspecified atom stereocenters. The number of benzene rings is 1. The summed E-state index contributed by atoms with van der Waals surface area (Å²) in [5, 5.41) is 2.95. The van der Waals surface area contributed by atoms with Crippen LogP contribution >= 0.6 is 0 Å². The first kappa shape index (κ1) is 19.4. The molecule has 1 fully saturated rings. The van der Waals surface area contributed by atoms with Crippen LogP contribution in [0.5, 0.6) is 0 Å². The van der Waals surface area contributed by atoms with Crippen molar-refractivity contribution in [2.24, 2.45) is 11.1 Å². The molecule has 0 bridgehead atoms. The van der Waals surface area contributed by atoms with Gasteiger partial charge in [0.2, 0.25) is 5.91 Å². The Morgan fingerprint density at radius 2 is 1.84 bits per heavy atom. The zero-order chi connectivity index (χ0) is 18.3. The molecule has 1 aliphatic rings. The van der Waals surface area contributed by atoms with Crippen molar-refractivity contribution < 1.29 is 9.59 Å². The van der Waals surface area contributed by atoms with E-state index in [1.807, 2.05) is 26.0 Å². The van der Waals surface area contributed by atoms with Gasteiger partial charge in [-0.15, -0.1) is 0 Å². The van der Waals surface area contributed by atoms with Gasteiger partial charge in [-0.25, -0.2) is 0 Å². The summed E-state index contributed by atoms with van der Waals surface area (Å²) in [4.78, 5) is 26.7. The van der Waals surface area contributed by atoms with E-state index in [-0.39, 0.29) is 17.2 Å². The lowest BCUT2D eigenvalue weighted by molar-refractivity contribution is -0.118. The van der Waals surface area contributed by atoms with E-state index in [4.69, 9.17) is 5.73 Å². The van der Waals surface area contributed by atoms with Gasteiger partial charge in [-0.1, -0.05) is 25.3 Å². The summed E-state index contributed by atoms with van der Waals surface area (Å²) in [6, 6.07) is 7.19. The highest BCUT2D eigenvalue weighted by Crippen LogP contribution is 2.38. The number of hydrogen-bond donors (Lipinski definition) is 2. The zero-order valence-electron chi connectivity index (χ0n) is 15.5. The first-order valence-corrected chi connectivity index (χ1v) is 9.43. The number of carbonyl (C=O) groups excluding carboxylic acids is 2. The quantitative estimate of drug-likeness (QED) is 0.795. The molecular weight excluding hydrogens is 314 g/mol. The van der Waals surface area contributed by atoms with Crippen molar-refractivity contribution in [3.63, 3.8) is 0 Å². The van der Waals surface area contributed by atoms with Crippen molar-refractivity contribution in [2.45, 2.75) is 52.4 Å². The van der Waals surface area contributed by atoms with E-state index < -0.39 is 0 Å². The molecule has 3 N–H and O–H groups in total. The summed E-state index contributed by atoms with van der Waals surface area (Å²) < 4.78 is 0. The molecule has 0 heterocycles. The first-order chi connectivity index (χ1) is 12.0. The Hall–Kier alpha value is -1.88. The molecule has 1 aromatic carbocycles. The minimum Gasteiger partial charge on any atom is -0.339 e. The first-order valence-electron chi connectivity index (χ1n) is 9.43. The van der Waals surface area contributed by atoms with Crippen LogP contribution < -0.4 is 11.1 Å². The average Bonchev–Trinajstić information content (AvgIpc) is 2.63. The maximum Gasteiger partial charge on any atom is 0.253 e. The fourth-order valence-electron chi connectivity index (χ4n) is 3.72. The number of nitrogens with two attached hydrogens (primary N) is 1. The Kier molecular flexibility index (Phi) is 7.00. The van der Waals surface area contributed by atoms with Crippen molar-refractivity contribution in [3.8, 4) is 0 Å². The standard InChI is InChI=1S/C20H31N3O2/c1-3-23(4-2)19(25)16-9-8-10-17(13-16)22-18(24)14-20(15-21)11-6-5-7-12-20/h8-10,13H,3-7,11-12,14-15,21H2,1-2H3,(H,22,24). The number of hydrogen-bond acceptors (Lipinski definition) is 3. The van der Waals surface area contributed by atoms with E-state index in [0.717, 1.165) is 25.7 Å². The lowest BCUT2D eigenvalue weighted by Gasteiger charge is -2.35. The molecule has 0 aromatic heterocycles. The van der Waals surface area contributed by atoms with E-state index >= 15 is 0 Å². The van der Waals surface area contributed by atoms with Crippen molar-refractivity contribution in [3.05, 3.63) is 29.8 Å². The van der Waals surface area contributed by atoms with Crippen LogP contribution in [0.2, 0.25) is 0 Å². The Bertz CT molecular complexity index is 590. The molecule has 0 aliphatic heterocycles. The zero-order valence-corrected chi connectivity index (χ0v) is 15.5. The molecule has 1 saturated carbocycles.